The molecular weight excluding hydrogens is 264 g/mol. The Morgan fingerprint density at radius 2 is 2.14 bits per heavy atom. The lowest BCUT2D eigenvalue weighted by molar-refractivity contribution is -0.121. The Labute approximate surface area is 124 Å². The monoisotopic (exact) mass is 286 g/mol. The number of hydrogen-bond donors (Lipinski definition) is 3. The smallest absolute Gasteiger partial charge is 0.221 e. The first-order valence-electron chi connectivity index (χ1n) is 7.27. The molecule has 1 aromatic heterocycles. The first kappa shape index (κ1) is 15.1. The van der Waals surface area contributed by atoms with Gasteiger partial charge in [-0.25, -0.2) is 0 Å². The van der Waals surface area contributed by atoms with E-state index in [1.807, 2.05) is 25.1 Å². The summed E-state index contributed by atoms with van der Waals surface area (Å²) in [5, 5.41) is 8.19. The van der Waals surface area contributed by atoms with Gasteiger partial charge in [-0.05, 0) is 31.5 Å². The Kier molecular flexibility index (Phi) is 4.98. The maximum Gasteiger partial charge on any atom is 0.221 e. The number of hydrogen-bond acceptors (Lipinski definition) is 4. The Morgan fingerprint density at radius 1 is 1.33 bits per heavy atom. The molecule has 2 rings (SSSR count). The van der Waals surface area contributed by atoms with Gasteiger partial charge in [0, 0.05) is 53.5 Å². The molecule has 1 unspecified atom stereocenters. The number of rotatable bonds is 6. The van der Waals surface area contributed by atoms with Gasteiger partial charge in [0.2, 0.25) is 5.91 Å². The number of carbonyl (C=O) groups excluding carboxylic acids is 1. The van der Waals surface area contributed by atoms with Crippen LogP contribution in [-0.2, 0) is 4.79 Å². The van der Waals surface area contributed by atoms with E-state index in [9.17, 15) is 4.79 Å². The summed E-state index contributed by atoms with van der Waals surface area (Å²) < 4.78 is 0. The molecule has 1 aromatic carbocycles. The Hall–Kier alpha value is -2.30. The Balaban J connectivity index is 1.98. The van der Waals surface area contributed by atoms with Crippen LogP contribution in [0.3, 0.4) is 0 Å². The van der Waals surface area contributed by atoms with E-state index in [0.29, 0.717) is 18.7 Å². The zero-order chi connectivity index (χ0) is 15.2. The van der Waals surface area contributed by atoms with Crippen LogP contribution in [0.4, 0.5) is 11.4 Å². The summed E-state index contributed by atoms with van der Waals surface area (Å²) in [7, 11) is 0. The van der Waals surface area contributed by atoms with Gasteiger partial charge in [0.25, 0.3) is 0 Å². The minimum atomic E-state index is 0.0678. The average Bonchev–Trinajstić information content (AvgIpc) is 2.49. The summed E-state index contributed by atoms with van der Waals surface area (Å²) in [6.07, 6.45) is 4.88. The minimum absolute atomic E-state index is 0.0678. The molecule has 0 aliphatic rings. The highest BCUT2D eigenvalue weighted by Gasteiger charge is 2.07. The molecule has 5 heteroatoms. The lowest BCUT2D eigenvalue weighted by atomic mass is 10.1. The van der Waals surface area contributed by atoms with Gasteiger partial charge in [0.15, 0.2) is 0 Å². The molecule has 0 spiro atoms. The van der Waals surface area contributed by atoms with Crippen molar-refractivity contribution in [1.82, 2.24) is 10.3 Å². The van der Waals surface area contributed by atoms with Crippen LogP contribution in [0.5, 0.6) is 0 Å². The summed E-state index contributed by atoms with van der Waals surface area (Å²) in [4.78, 5) is 15.8. The molecule has 4 N–H and O–H groups in total. The number of fused-ring (bicyclic) bond motifs is 1. The number of nitrogens with zero attached hydrogens (tertiary/aromatic N) is 1. The second kappa shape index (κ2) is 6.92. The van der Waals surface area contributed by atoms with Crippen molar-refractivity contribution >= 4 is 28.1 Å². The minimum Gasteiger partial charge on any atom is -0.398 e. The number of nitrogens with one attached hydrogen (secondary N) is 2. The van der Waals surface area contributed by atoms with Crippen LogP contribution in [0.1, 0.15) is 26.7 Å². The van der Waals surface area contributed by atoms with Crippen molar-refractivity contribution < 1.29 is 4.79 Å². The molecule has 5 nitrogen and oxygen atoms in total. The molecule has 0 fully saturated rings. The van der Waals surface area contributed by atoms with Gasteiger partial charge in [0.1, 0.15) is 0 Å². The van der Waals surface area contributed by atoms with Crippen LogP contribution in [0.25, 0.3) is 10.8 Å². The van der Waals surface area contributed by atoms with Crippen LogP contribution in [0, 0.1) is 0 Å². The fraction of sp³-hybridized carbons (Fsp3) is 0.375. The van der Waals surface area contributed by atoms with Gasteiger partial charge in [-0.1, -0.05) is 6.92 Å². The molecule has 1 heterocycles. The van der Waals surface area contributed by atoms with Crippen LogP contribution in [0.15, 0.2) is 30.6 Å². The van der Waals surface area contributed by atoms with E-state index >= 15 is 0 Å². The van der Waals surface area contributed by atoms with Crippen molar-refractivity contribution in [1.29, 1.82) is 0 Å². The Morgan fingerprint density at radius 3 is 2.90 bits per heavy atom. The van der Waals surface area contributed by atoms with Crippen molar-refractivity contribution in [3.8, 4) is 0 Å². The predicted octanol–water partition coefficient (Wildman–Crippen LogP) is 2.53. The number of benzene rings is 1. The third-order valence-electron chi connectivity index (χ3n) is 3.54. The largest absolute Gasteiger partial charge is 0.398 e. The molecule has 0 saturated heterocycles. The standard InChI is InChI=1S/C16H22N4O/c1-3-11(2)20-16(21)7-9-19-15-5-4-14(17)13-10-18-8-6-12(13)15/h4-6,8,10-11,19H,3,7,9,17H2,1-2H3,(H,20,21). The number of amides is 1. The Bertz CT molecular complexity index is 627. The number of nitrogen functional groups attached to an aromatic ring is 1. The van der Waals surface area contributed by atoms with Gasteiger partial charge >= 0.3 is 0 Å². The van der Waals surface area contributed by atoms with E-state index in [4.69, 9.17) is 5.73 Å². The first-order valence-corrected chi connectivity index (χ1v) is 7.27. The summed E-state index contributed by atoms with van der Waals surface area (Å²) >= 11 is 0. The molecule has 0 aliphatic heterocycles. The van der Waals surface area contributed by atoms with Crippen molar-refractivity contribution in [3.63, 3.8) is 0 Å². The predicted molar refractivity (Wildman–Crippen MR) is 87.2 cm³/mol. The molecule has 0 radical (unpaired) electrons. The maximum absolute atomic E-state index is 11.7. The van der Waals surface area contributed by atoms with Gasteiger partial charge < -0.3 is 16.4 Å². The summed E-state index contributed by atoms with van der Waals surface area (Å²) in [6, 6.07) is 5.93. The number of nitrogens with two attached hydrogens (primary N) is 1. The molecule has 0 aliphatic carbocycles. The molecule has 112 valence electrons. The molecule has 1 amide bonds. The summed E-state index contributed by atoms with van der Waals surface area (Å²) in [5.41, 5.74) is 7.62. The van der Waals surface area contributed by atoms with E-state index in [1.54, 1.807) is 12.4 Å². The molecular formula is C16H22N4O. The van der Waals surface area contributed by atoms with E-state index in [-0.39, 0.29) is 11.9 Å². The molecule has 2 aromatic rings. The van der Waals surface area contributed by atoms with E-state index < -0.39 is 0 Å². The van der Waals surface area contributed by atoms with Crippen LogP contribution in [-0.4, -0.2) is 23.5 Å². The second-order valence-electron chi connectivity index (χ2n) is 5.18. The van der Waals surface area contributed by atoms with Crippen LogP contribution >= 0.6 is 0 Å². The fourth-order valence-corrected chi connectivity index (χ4v) is 2.13. The SMILES string of the molecule is CCC(C)NC(=O)CCNc1ccc(N)c2cnccc12. The normalized spacial score (nSPS) is 12.1. The van der Waals surface area contributed by atoms with Crippen molar-refractivity contribution in [2.75, 3.05) is 17.6 Å². The van der Waals surface area contributed by atoms with Crippen molar-refractivity contribution in [3.05, 3.63) is 30.6 Å². The van der Waals surface area contributed by atoms with E-state index in [2.05, 4.69) is 22.5 Å². The third kappa shape index (κ3) is 3.84. The van der Waals surface area contributed by atoms with E-state index in [1.165, 1.54) is 0 Å². The van der Waals surface area contributed by atoms with E-state index in [0.717, 1.165) is 22.9 Å². The molecule has 0 bridgehead atoms. The molecule has 1 atom stereocenters. The highest BCUT2D eigenvalue weighted by atomic mass is 16.1. The lowest BCUT2D eigenvalue weighted by Gasteiger charge is -2.13. The maximum atomic E-state index is 11.7. The second-order valence-corrected chi connectivity index (χ2v) is 5.18. The average molecular weight is 286 g/mol. The number of anilines is 2. The van der Waals surface area contributed by atoms with Crippen molar-refractivity contribution in [2.24, 2.45) is 0 Å². The molecule has 0 saturated carbocycles. The number of pyridine rings is 1. The van der Waals surface area contributed by atoms with Gasteiger partial charge in [-0.2, -0.15) is 0 Å². The van der Waals surface area contributed by atoms with Gasteiger partial charge in [-0.3, -0.25) is 9.78 Å². The third-order valence-corrected chi connectivity index (χ3v) is 3.54. The quantitative estimate of drug-likeness (QED) is 0.713. The van der Waals surface area contributed by atoms with Crippen molar-refractivity contribution in [2.45, 2.75) is 32.7 Å². The van der Waals surface area contributed by atoms with Gasteiger partial charge in [-0.15, -0.1) is 0 Å². The van der Waals surface area contributed by atoms with Gasteiger partial charge in [0.05, 0.1) is 0 Å². The highest BCUT2D eigenvalue weighted by molar-refractivity contribution is 6.00. The summed E-state index contributed by atoms with van der Waals surface area (Å²) in [6.45, 7) is 4.65. The number of carbonyl (C=O) groups is 1. The van der Waals surface area contributed by atoms with Crippen LogP contribution in [0.2, 0.25) is 0 Å². The molecule has 21 heavy (non-hydrogen) atoms. The first-order chi connectivity index (χ1) is 10.1. The zero-order valence-corrected chi connectivity index (χ0v) is 12.5. The lowest BCUT2D eigenvalue weighted by Crippen LogP contribution is -2.32. The van der Waals surface area contributed by atoms with Crippen LogP contribution < -0.4 is 16.4 Å². The number of aromatic nitrogens is 1. The topological polar surface area (TPSA) is 80.0 Å². The summed E-state index contributed by atoms with van der Waals surface area (Å²) in [5.74, 6) is 0.0678. The fourth-order valence-electron chi connectivity index (χ4n) is 2.13. The highest BCUT2D eigenvalue weighted by Crippen LogP contribution is 2.27. The zero-order valence-electron chi connectivity index (χ0n) is 12.5.